The van der Waals surface area contributed by atoms with Gasteiger partial charge in [-0.15, -0.1) is 12.4 Å². The van der Waals surface area contributed by atoms with Crippen molar-refractivity contribution in [3.63, 3.8) is 0 Å². The van der Waals surface area contributed by atoms with Crippen LogP contribution in [-0.4, -0.2) is 26.0 Å². The number of hydrogen-bond acceptors (Lipinski definition) is 2. The van der Waals surface area contributed by atoms with Gasteiger partial charge in [0.2, 0.25) is 5.91 Å². The van der Waals surface area contributed by atoms with E-state index in [2.05, 4.69) is 10.6 Å². The summed E-state index contributed by atoms with van der Waals surface area (Å²) in [7, 11) is 1.72. The summed E-state index contributed by atoms with van der Waals surface area (Å²) < 4.78 is 0. The normalized spacial score (nSPS) is 37.6. The summed E-state index contributed by atoms with van der Waals surface area (Å²) in [5.41, 5.74) is 0. The molecule has 3 unspecified atom stereocenters. The van der Waals surface area contributed by atoms with E-state index in [1.54, 1.807) is 7.05 Å². The first-order valence-electron chi connectivity index (χ1n) is 4.25. The minimum Gasteiger partial charge on any atom is -0.359 e. The quantitative estimate of drug-likeness (QED) is 0.612. The number of carbonyl (C=O) groups excluding carboxylic acids is 1. The summed E-state index contributed by atoms with van der Waals surface area (Å²) >= 11 is 0. The van der Waals surface area contributed by atoms with Gasteiger partial charge in [-0.2, -0.15) is 0 Å². The lowest BCUT2D eigenvalue weighted by atomic mass is 9.66. The Morgan fingerprint density at radius 2 is 2.25 bits per heavy atom. The zero-order valence-corrected chi connectivity index (χ0v) is 7.99. The van der Waals surface area contributed by atoms with E-state index < -0.39 is 0 Å². The second-order valence-corrected chi connectivity index (χ2v) is 3.54. The topological polar surface area (TPSA) is 41.1 Å². The van der Waals surface area contributed by atoms with Crippen LogP contribution >= 0.6 is 12.4 Å². The maximum atomic E-state index is 11.2. The van der Waals surface area contributed by atoms with Crippen LogP contribution < -0.4 is 10.6 Å². The predicted molar refractivity (Wildman–Crippen MR) is 49.3 cm³/mol. The minimum absolute atomic E-state index is 0. The summed E-state index contributed by atoms with van der Waals surface area (Å²) in [5.74, 6) is 1.96. The number of fused-ring (bicyclic) bond motifs is 1. The van der Waals surface area contributed by atoms with Gasteiger partial charge in [0.1, 0.15) is 0 Å². The molecule has 2 fully saturated rings. The van der Waals surface area contributed by atoms with Crippen LogP contribution in [0.15, 0.2) is 0 Å². The molecule has 1 heterocycles. The van der Waals surface area contributed by atoms with Crippen LogP contribution in [0.5, 0.6) is 0 Å². The van der Waals surface area contributed by atoms with Gasteiger partial charge in [0.05, 0.1) is 0 Å². The van der Waals surface area contributed by atoms with Gasteiger partial charge in [-0.05, 0) is 31.3 Å². The van der Waals surface area contributed by atoms with Crippen LogP contribution in [0.1, 0.15) is 6.42 Å². The van der Waals surface area contributed by atoms with Crippen molar-refractivity contribution in [1.29, 1.82) is 0 Å². The molecular formula is C8H15ClN2O. The number of rotatable bonds is 1. The molecule has 2 rings (SSSR count). The van der Waals surface area contributed by atoms with Crippen molar-refractivity contribution in [2.24, 2.45) is 17.8 Å². The third-order valence-corrected chi connectivity index (χ3v) is 3.05. The molecule has 1 amide bonds. The molecule has 3 atom stereocenters. The average molecular weight is 191 g/mol. The monoisotopic (exact) mass is 190 g/mol. The highest BCUT2D eigenvalue weighted by molar-refractivity contribution is 5.85. The highest BCUT2D eigenvalue weighted by Crippen LogP contribution is 2.42. The molecule has 1 aliphatic heterocycles. The summed E-state index contributed by atoms with van der Waals surface area (Å²) in [4.78, 5) is 11.2. The molecule has 3 nitrogen and oxygen atoms in total. The fraction of sp³-hybridized carbons (Fsp3) is 0.875. The highest BCUT2D eigenvalue weighted by Gasteiger charge is 2.46. The summed E-state index contributed by atoms with van der Waals surface area (Å²) in [6.07, 6.45) is 1.09. The molecular weight excluding hydrogens is 176 g/mol. The molecule has 0 aromatic heterocycles. The summed E-state index contributed by atoms with van der Waals surface area (Å²) in [5, 5.41) is 6.03. The first-order valence-corrected chi connectivity index (χ1v) is 4.25. The highest BCUT2D eigenvalue weighted by atomic mass is 35.5. The molecule has 12 heavy (non-hydrogen) atoms. The Labute approximate surface area is 78.7 Å². The third-order valence-electron chi connectivity index (χ3n) is 3.05. The van der Waals surface area contributed by atoms with Crippen molar-refractivity contribution in [2.75, 3.05) is 20.1 Å². The Morgan fingerprint density at radius 3 is 2.83 bits per heavy atom. The Balaban J connectivity index is 0.000000720. The number of halogens is 1. The summed E-state index contributed by atoms with van der Waals surface area (Å²) in [6.45, 7) is 2.17. The molecule has 2 aliphatic rings. The Kier molecular flexibility index (Phi) is 2.96. The second-order valence-electron chi connectivity index (χ2n) is 3.54. The van der Waals surface area contributed by atoms with Gasteiger partial charge in [0.15, 0.2) is 0 Å². The number of amides is 1. The molecule has 0 bridgehead atoms. The zero-order valence-electron chi connectivity index (χ0n) is 7.17. The fourth-order valence-corrected chi connectivity index (χ4v) is 2.27. The van der Waals surface area contributed by atoms with Crippen molar-refractivity contribution in [1.82, 2.24) is 10.6 Å². The first-order chi connectivity index (χ1) is 5.33. The molecule has 0 spiro atoms. The van der Waals surface area contributed by atoms with Gasteiger partial charge in [0, 0.05) is 13.0 Å². The van der Waals surface area contributed by atoms with Crippen LogP contribution in [0.4, 0.5) is 0 Å². The van der Waals surface area contributed by atoms with Crippen LogP contribution in [0.25, 0.3) is 0 Å². The van der Waals surface area contributed by atoms with Crippen molar-refractivity contribution in [2.45, 2.75) is 6.42 Å². The standard InChI is InChI=1S/C8H14N2O.ClH/c1-9-8(11)6-2-5-3-10-4-7(5)6;/h5-7,10H,2-4H2,1H3,(H,9,11);1H. The fourth-order valence-electron chi connectivity index (χ4n) is 2.27. The van der Waals surface area contributed by atoms with Gasteiger partial charge >= 0.3 is 0 Å². The van der Waals surface area contributed by atoms with E-state index >= 15 is 0 Å². The Bertz CT molecular complexity index is 186. The van der Waals surface area contributed by atoms with Crippen LogP contribution in [0.3, 0.4) is 0 Å². The van der Waals surface area contributed by atoms with Gasteiger partial charge in [0.25, 0.3) is 0 Å². The molecule has 0 aromatic carbocycles. The van der Waals surface area contributed by atoms with Gasteiger partial charge in [-0.25, -0.2) is 0 Å². The maximum Gasteiger partial charge on any atom is 0.223 e. The van der Waals surface area contributed by atoms with Gasteiger partial charge in [-0.1, -0.05) is 0 Å². The van der Waals surface area contributed by atoms with Crippen LogP contribution in [0.2, 0.25) is 0 Å². The van der Waals surface area contributed by atoms with E-state index in [9.17, 15) is 4.79 Å². The lowest BCUT2D eigenvalue weighted by Gasteiger charge is -2.37. The SMILES string of the molecule is CNC(=O)C1CC2CNCC21.Cl. The van der Waals surface area contributed by atoms with Crippen LogP contribution in [-0.2, 0) is 4.79 Å². The van der Waals surface area contributed by atoms with Gasteiger partial charge < -0.3 is 10.6 Å². The third kappa shape index (κ3) is 1.31. The van der Waals surface area contributed by atoms with Crippen molar-refractivity contribution in [3.05, 3.63) is 0 Å². The Hall–Kier alpha value is -0.280. The van der Waals surface area contributed by atoms with E-state index in [1.165, 1.54) is 0 Å². The van der Waals surface area contributed by atoms with Crippen molar-refractivity contribution in [3.8, 4) is 0 Å². The van der Waals surface area contributed by atoms with Crippen molar-refractivity contribution < 1.29 is 4.79 Å². The van der Waals surface area contributed by atoms with E-state index in [0.29, 0.717) is 11.8 Å². The largest absolute Gasteiger partial charge is 0.359 e. The average Bonchev–Trinajstić information content (AvgIpc) is 2.32. The van der Waals surface area contributed by atoms with E-state index in [1.807, 2.05) is 0 Å². The maximum absolute atomic E-state index is 11.2. The Morgan fingerprint density at radius 1 is 1.50 bits per heavy atom. The van der Waals surface area contributed by atoms with Gasteiger partial charge in [-0.3, -0.25) is 4.79 Å². The van der Waals surface area contributed by atoms with E-state index in [-0.39, 0.29) is 18.3 Å². The van der Waals surface area contributed by atoms with E-state index in [4.69, 9.17) is 0 Å². The molecule has 1 saturated carbocycles. The lowest BCUT2D eigenvalue weighted by molar-refractivity contribution is -0.131. The zero-order chi connectivity index (χ0) is 7.84. The number of carbonyl (C=O) groups is 1. The molecule has 0 aromatic rings. The molecule has 1 aliphatic carbocycles. The first kappa shape index (κ1) is 9.81. The lowest BCUT2D eigenvalue weighted by Crippen LogP contribution is -2.44. The van der Waals surface area contributed by atoms with E-state index in [0.717, 1.165) is 25.4 Å². The van der Waals surface area contributed by atoms with Crippen LogP contribution in [0, 0.1) is 17.8 Å². The predicted octanol–water partition coefficient (Wildman–Crippen LogP) is 0.00970. The number of hydrogen-bond donors (Lipinski definition) is 2. The number of nitrogens with one attached hydrogen (secondary N) is 2. The van der Waals surface area contributed by atoms with Crippen molar-refractivity contribution >= 4 is 18.3 Å². The second kappa shape index (κ2) is 3.62. The molecule has 0 radical (unpaired) electrons. The molecule has 1 saturated heterocycles. The summed E-state index contributed by atoms with van der Waals surface area (Å²) in [6, 6.07) is 0. The smallest absolute Gasteiger partial charge is 0.223 e. The minimum atomic E-state index is 0. The molecule has 70 valence electrons. The molecule has 4 heteroatoms. The molecule has 2 N–H and O–H groups in total.